The van der Waals surface area contributed by atoms with Crippen LogP contribution < -0.4 is 0 Å². The van der Waals surface area contributed by atoms with Crippen molar-refractivity contribution in [2.45, 2.75) is 380 Å². The molecule has 1 atom stereocenters. The molecular weight excluding hydrogens is 925 g/mol. The van der Waals surface area contributed by atoms with Gasteiger partial charge in [-0.1, -0.05) is 310 Å². The van der Waals surface area contributed by atoms with E-state index in [-0.39, 0.29) is 31.1 Å². The van der Waals surface area contributed by atoms with Crippen LogP contribution in [0.2, 0.25) is 0 Å². The van der Waals surface area contributed by atoms with Crippen LogP contribution in [0.4, 0.5) is 0 Å². The lowest BCUT2D eigenvalue weighted by Crippen LogP contribution is -2.34. The standard InChI is InChI=1S/C57H110O6.C8H16O3/c1-4-7-10-13-16-19-22-25-28-31-34-37-40-43-46-49-55(58)61-52-54(63-57(60)51-48-45-42-39-36-33-30-27-24-21-18-15-12-9-6-3)53-62-56(59)50-47-44-41-38-35-32-29-26-23-20-17-14-11-8-5-2;1-3-4-5-6-8(2,11)7(9)10/h54H,4-53H2,1-3H3;11H,3-6H2,1-2H3,(H,9,10). The lowest BCUT2D eigenvalue weighted by atomic mass is 9.99. The molecule has 9 nitrogen and oxygen atoms in total. The Morgan fingerprint density at radius 2 is 0.527 bits per heavy atom. The summed E-state index contributed by atoms with van der Waals surface area (Å²) in [4.78, 5) is 48.5. The van der Waals surface area contributed by atoms with E-state index in [0.29, 0.717) is 25.7 Å². The molecule has 0 aliphatic rings. The Labute approximate surface area is 459 Å². The Kier molecular flexibility index (Phi) is 60.0. The van der Waals surface area contributed by atoms with Gasteiger partial charge in [0.25, 0.3) is 0 Å². The first-order valence-electron chi connectivity index (χ1n) is 32.5. The SMILES string of the molecule is CCCCCC(C)(O)C(=O)O.CCCCCCCCCCCCCCCCCC(=O)OCC(COC(=O)CCCCCCCCCCCCCCCCC)OC(=O)CCCCCCCCCCCCCCCCC. The Bertz CT molecular complexity index is 1140. The van der Waals surface area contributed by atoms with E-state index in [2.05, 4.69) is 20.8 Å². The van der Waals surface area contributed by atoms with Gasteiger partial charge in [0, 0.05) is 19.3 Å². The molecule has 0 spiro atoms. The third-order valence-corrected chi connectivity index (χ3v) is 14.8. The summed E-state index contributed by atoms with van der Waals surface area (Å²) in [6.45, 7) is 10.1. The first-order valence-corrected chi connectivity index (χ1v) is 32.5. The minimum Gasteiger partial charge on any atom is -0.479 e. The van der Waals surface area contributed by atoms with Crippen LogP contribution in [0.5, 0.6) is 0 Å². The quantitative estimate of drug-likeness (QED) is 0.0347. The molecule has 0 aromatic carbocycles. The molecule has 0 aromatic heterocycles. The molecule has 0 aromatic rings. The molecule has 0 aliphatic heterocycles. The number of rotatable bonds is 58. The molecule has 0 rings (SSSR count). The summed E-state index contributed by atoms with van der Waals surface area (Å²) in [6, 6.07) is 0. The van der Waals surface area contributed by atoms with Gasteiger partial charge in [0.15, 0.2) is 11.7 Å². The molecule has 0 radical (unpaired) electrons. The van der Waals surface area contributed by atoms with E-state index in [1.165, 1.54) is 238 Å². The number of esters is 3. The highest BCUT2D eigenvalue weighted by Crippen LogP contribution is 2.19. The number of carbonyl (C=O) groups excluding carboxylic acids is 3. The monoisotopic (exact) mass is 1050 g/mol. The highest BCUT2D eigenvalue weighted by atomic mass is 16.6. The summed E-state index contributed by atoms with van der Waals surface area (Å²) in [5, 5.41) is 17.7. The summed E-state index contributed by atoms with van der Waals surface area (Å²) in [5.41, 5.74) is -1.53. The fourth-order valence-corrected chi connectivity index (χ4v) is 9.63. The molecule has 0 amide bonds. The van der Waals surface area contributed by atoms with E-state index < -0.39 is 17.7 Å². The van der Waals surface area contributed by atoms with Gasteiger partial charge in [-0.2, -0.15) is 0 Å². The van der Waals surface area contributed by atoms with Gasteiger partial charge in [-0.25, -0.2) is 4.79 Å². The summed E-state index contributed by atoms with van der Waals surface area (Å²) in [7, 11) is 0. The van der Waals surface area contributed by atoms with Crippen molar-refractivity contribution in [2.24, 2.45) is 0 Å². The Morgan fingerprint density at radius 3 is 0.757 bits per heavy atom. The van der Waals surface area contributed by atoms with Crippen molar-refractivity contribution in [3.05, 3.63) is 0 Å². The summed E-state index contributed by atoms with van der Waals surface area (Å²) in [5.74, 6) is -1.96. The van der Waals surface area contributed by atoms with E-state index in [4.69, 9.17) is 19.3 Å². The van der Waals surface area contributed by atoms with Crippen LogP contribution in [0.15, 0.2) is 0 Å². The van der Waals surface area contributed by atoms with Crippen molar-refractivity contribution in [1.29, 1.82) is 0 Å². The highest BCUT2D eigenvalue weighted by molar-refractivity contribution is 5.76. The molecule has 2 N–H and O–H groups in total. The molecule has 0 heterocycles. The van der Waals surface area contributed by atoms with Crippen LogP contribution in [0.25, 0.3) is 0 Å². The molecule has 1 unspecified atom stereocenters. The molecule has 440 valence electrons. The molecule has 9 heteroatoms. The number of carboxylic acids is 1. The summed E-state index contributed by atoms with van der Waals surface area (Å²) >= 11 is 0. The number of unbranched alkanes of at least 4 members (excludes halogenated alkanes) is 44. The largest absolute Gasteiger partial charge is 0.479 e. The van der Waals surface area contributed by atoms with Crippen molar-refractivity contribution in [2.75, 3.05) is 13.2 Å². The highest BCUT2D eigenvalue weighted by Gasteiger charge is 2.28. The van der Waals surface area contributed by atoms with Crippen molar-refractivity contribution >= 4 is 23.9 Å². The van der Waals surface area contributed by atoms with Gasteiger partial charge in [-0.15, -0.1) is 0 Å². The minimum absolute atomic E-state index is 0.0611. The Hall–Kier alpha value is -2.16. The van der Waals surface area contributed by atoms with Crippen LogP contribution in [0, 0.1) is 0 Å². The second-order valence-corrected chi connectivity index (χ2v) is 22.6. The van der Waals surface area contributed by atoms with E-state index in [9.17, 15) is 24.3 Å². The van der Waals surface area contributed by atoms with Gasteiger partial charge in [0.05, 0.1) is 0 Å². The smallest absolute Gasteiger partial charge is 0.335 e. The number of carboxylic acid groups (broad SMARTS) is 1. The third kappa shape index (κ3) is 59.1. The van der Waals surface area contributed by atoms with Gasteiger partial charge in [-0.3, -0.25) is 14.4 Å². The normalized spacial score (nSPS) is 12.1. The van der Waals surface area contributed by atoms with E-state index >= 15 is 0 Å². The first kappa shape index (κ1) is 73.9. The van der Waals surface area contributed by atoms with Crippen molar-refractivity contribution < 1.29 is 43.6 Å². The number of aliphatic hydroxyl groups is 1. The number of aliphatic carboxylic acids is 1. The zero-order valence-electron chi connectivity index (χ0n) is 50.0. The van der Waals surface area contributed by atoms with E-state index in [1.54, 1.807) is 0 Å². The number of carbonyl (C=O) groups is 4. The lowest BCUT2D eigenvalue weighted by Gasteiger charge is -2.18. The van der Waals surface area contributed by atoms with E-state index in [0.717, 1.165) is 77.0 Å². The molecule has 74 heavy (non-hydrogen) atoms. The van der Waals surface area contributed by atoms with Crippen molar-refractivity contribution in [3.8, 4) is 0 Å². The fourth-order valence-electron chi connectivity index (χ4n) is 9.63. The Morgan fingerprint density at radius 1 is 0.324 bits per heavy atom. The zero-order valence-corrected chi connectivity index (χ0v) is 50.0. The van der Waals surface area contributed by atoms with Crippen LogP contribution in [-0.4, -0.2) is 59.0 Å². The molecule has 0 fully saturated rings. The topological polar surface area (TPSA) is 136 Å². The van der Waals surface area contributed by atoms with Crippen molar-refractivity contribution in [1.82, 2.24) is 0 Å². The van der Waals surface area contributed by atoms with Gasteiger partial charge in [0.2, 0.25) is 0 Å². The fraction of sp³-hybridized carbons (Fsp3) is 0.938. The molecule has 0 saturated carbocycles. The lowest BCUT2D eigenvalue weighted by molar-refractivity contribution is -0.167. The maximum atomic E-state index is 12.8. The Balaban J connectivity index is 0. The maximum absolute atomic E-state index is 12.8. The predicted octanol–water partition coefficient (Wildman–Crippen LogP) is 20.2. The summed E-state index contributed by atoms with van der Waals surface area (Å²) < 4.78 is 16.9. The minimum atomic E-state index is -1.53. The zero-order chi connectivity index (χ0) is 54.7. The third-order valence-electron chi connectivity index (χ3n) is 14.8. The number of ether oxygens (including phenoxy) is 3. The van der Waals surface area contributed by atoms with Gasteiger partial charge in [0.1, 0.15) is 13.2 Å². The summed E-state index contributed by atoms with van der Waals surface area (Å²) in [6.07, 6.45) is 61.1. The maximum Gasteiger partial charge on any atom is 0.335 e. The number of hydrogen-bond acceptors (Lipinski definition) is 8. The van der Waals surface area contributed by atoms with Crippen LogP contribution in [-0.2, 0) is 33.4 Å². The van der Waals surface area contributed by atoms with Gasteiger partial charge >= 0.3 is 23.9 Å². The molecule has 0 aliphatic carbocycles. The second-order valence-electron chi connectivity index (χ2n) is 22.6. The number of hydrogen-bond donors (Lipinski definition) is 2. The van der Waals surface area contributed by atoms with Gasteiger partial charge < -0.3 is 24.4 Å². The van der Waals surface area contributed by atoms with Crippen molar-refractivity contribution in [3.63, 3.8) is 0 Å². The van der Waals surface area contributed by atoms with E-state index in [1.807, 2.05) is 6.92 Å². The first-order chi connectivity index (χ1) is 36.0. The van der Waals surface area contributed by atoms with Crippen LogP contribution >= 0.6 is 0 Å². The molecule has 0 bridgehead atoms. The van der Waals surface area contributed by atoms with Gasteiger partial charge in [-0.05, 0) is 39.0 Å². The average molecular weight is 1050 g/mol. The predicted molar refractivity (Wildman–Crippen MR) is 313 cm³/mol. The molecular formula is C65H126O9. The second kappa shape index (κ2) is 60.1. The van der Waals surface area contributed by atoms with Crippen LogP contribution in [0.3, 0.4) is 0 Å². The molecule has 0 saturated heterocycles. The van der Waals surface area contributed by atoms with Crippen LogP contribution in [0.1, 0.15) is 369 Å². The average Bonchev–Trinajstić information content (AvgIpc) is 3.38.